The minimum atomic E-state index is -3.65. The van der Waals surface area contributed by atoms with E-state index < -0.39 is 21.7 Å². The van der Waals surface area contributed by atoms with Gasteiger partial charge in [-0.1, -0.05) is 17.7 Å². The van der Waals surface area contributed by atoms with Crippen molar-refractivity contribution in [1.82, 2.24) is 4.72 Å². The molecule has 1 aliphatic rings. The molecule has 0 bridgehead atoms. The van der Waals surface area contributed by atoms with E-state index in [-0.39, 0.29) is 17.8 Å². The summed E-state index contributed by atoms with van der Waals surface area (Å²) in [6.07, 6.45) is 3.56. The minimum absolute atomic E-state index is 0.214. The van der Waals surface area contributed by atoms with E-state index in [9.17, 15) is 13.5 Å². The van der Waals surface area contributed by atoms with E-state index in [0.29, 0.717) is 19.4 Å². The fourth-order valence-corrected chi connectivity index (χ4v) is 4.03. The maximum Gasteiger partial charge on any atom is 0.240 e. The third-order valence-corrected chi connectivity index (χ3v) is 5.92. The first kappa shape index (κ1) is 21.3. The molecule has 1 aromatic rings. The van der Waals surface area contributed by atoms with Crippen molar-refractivity contribution in [2.45, 2.75) is 75.7 Å². The third kappa shape index (κ3) is 7.32. The number of aryl methyl sites for hydroxylation is 1. The number of rotatable bonds is 9. The van der Waals surface area contributed by atoms with Gasteiger partial charge in [0, 0.05) is 12.6 Å². The highest BCUT2D eigenvalue weighted by Crippen LogP contribution is 2.18. The second-order valence-corrected chi connectivity index (χ2v) is 9.33. The Bertz CT molecular complexity index is 646. The Balaban J connectivity index is 2.02. The number of benzene rings is 1. The molecule has 6 nitrogen and oxygen atoms in total. The smallest absolute Gasteiger partial charge is 0.240 e. The molecular formula is C19H31NO5S. The summed E-state index contributed by atoms with van der Waals surface area (Å²) in [7, 11) is -3.65. The van der Waals surface area contributed by atoms with Crippen LogP contribution in [0, 0.1) is 6.92 Å². The van der Waals surface area contributed by atoms with Gasteiger partial charge in [-0.3, -0.25) is 0 Å². The van der Waals surface area contributed by atoms with Crippen molar-refractivity contribution >= 4 is 10.0 Å². The topological polar surface area (TPSA) is 84.9 Å². The molecule has 2 rings (SSSR count). The quantitative estimate of drug-likeness (QED) is 0.683. The second kappa shape index (κ2) is 9.28. The zero-order valence-electron chi connectivity index (χ0n) is 15.9. The number of aliphatic hydroxyl groups is 1. The van der Waals surface area contributed by atoms with Crippen LogP contribution in [0.3, 0.4) is 0 Å². The third-order valence-electron chi connectivity index (χ3n) is 4.38. The Kier molecular flexibility index (Phi) is 7.61. The maximum atomic E-state index is 12.7. The Morgan fingerprint density at radius 1 is 1.31 bits per heavy atom. The Morgan fingerprint density at radius 3 is 2.58 bits per heavy atom. The zero-order valence-corrected chi connectivity index (χ0v) is 16.7. The van der Waals surface area contributed by atoms with Crippen molar-refractivity contribution in [3.8, 4) is 0 Å². The summed E-state index contributed by atoms with van der Waals surface area (Å²) >= 11 is 0. The molecule has 1 heterocycles. The van der Waals surface area contributed by atoms with Crippen LogP contribution in [0.4, 0.5) is 0 Å². The van der Waals surface area contributed by atoms with Gasteiger partial charge in [0.2, 0.25) is 10.0 Å². The highest BCUT2D eigenvalue weighted by molar-refractivity contribution is 7.89. The van der Waals surface area contributed by atoms with Gasteiger partial charge in [0.1, 0.15) is 0 Å². The molecule has 1 saturated heterocycles. The van der Waals surface area contributed by atoms with E-state index >= 15 is 0 Å². The van der Waals surface area contributed by atoms with Crippen molar-refractivity contribution in [2.75, 3.05) is 13.2 Å². The van der Waals surface area contributed by atoms with Gasteiger partial charge >= 0.3 is 0 Å². The lowest BCUT2D eigenvalue weighted by atomic mass is 10.00. The van der Waals surface area contributed by atoms with E-state index in [1.807, 2.05) is 6.92 Å². The monoisotopic (exact) mass is 385 g/mol. The molecule has 0 aromatic heterocycles. The van der Waals surface area contributed by atoms with Gasteiger partial charge in [-0.15, -0.1) is 0 Å². The van der Waals surface area contributed by atoms with Crippen LogP contribution in [0.1, 0.15) is 51.5 Å². The number of nitrogens with one attached hydrogen (secondary N) is 1. The molecule has 0 aliphatic carbocycles. The second-order valence-electron chi connectivity index (χ2n) is 7.61. The SMILES string of the molecule is Cc1ccc(S(=O)(=O)N[C@@H](CCC(C)(C)O)COC2CCCCO2)cc1. The summed E-state index contributed by atoms with van der Waals surface area (Å²) in [5.41, 5.74) is 0.134. The Hall–Kier alpha value is -0.990. The molecule has 0 saturated carbocycles. The highest BCUT2D eigenvalue weighted by Gasteiger charge is 2.24. The maximum absolute atomic E-state index is 12.7. The lowest BCUT2D eigenvalue weighted by Crippen LogP contribution is -2.41. The van der Waals surface area contributed by atoms with Gasteiger partial charge in [-0.05, 0) is 65.0 Å². The first-order valence-corrected chi connectivity index (χ1v) is 10.7. The highest BCUT2D eigenvalue weighted by atomic mass is 32.2. The molecule has 7 heteroatoms. The van der Waals surface area contributed by atoms with Crippen LogP contribution in [0.15, 0.2) is 29.2 Å². The first-order chi connectivity index (χ1) is 12.2. The molecule has 0 spiro atoms. The summed E-state index contributed by atoms with van der Waals surface area (Å²) in [5, 5.41) is 9.99. The van der Waals surface area contributed by atoms with Gasteiger partial charge in [-0.2, -0.15) is 0 Å². The van der Waals surface area contributed by atoms with E-state index in [0.717, 1.165) is 24.8 Å². The normalized spacial score (nSPS) is 20.1. The van der Waals surface area contributed by atoms with E-state index in [1.165, 1.54) is 0 Å². The van der Waals surface area contributed by atoms with Crippen molar-refractivity contribution in [2.24, 2.45) is 0 Å². The van der Waals surface area contributed by atoms with Crippen LogP contribution in [0.5, 0.6) is 0 Å². The zero-order chi connectivity index (χ0) is 19.2. The van der Waals surface area contributed by atoms with Crippen LogP contribution in [-0.4, -0.2) is 44.7 Å². The number of hydrogen-bond donors (Lipinski definition) is 2. The summed E-state index contributed by atoms with van der Waals surface area (Å²) in [6.45, 7) is 6.22. The van der Waals surface area contributed by atoms with Gasteiger partial charge in [-0.25, -0.2) is 13.1 Å². The number of hydrogen-bond acceptors (Lipinski definition) is 5. The van der Waals surface area contributed by atoms with Crippen molar-refractivity contribution in [3.05, 3.63) is 29.8 Å². The van der Waals surface area contributed by atoms with Gasteiger partial charge in [0.15, 0.2) is 6.29 Å². The molecule has 0 radical (unpaired) electrons. The molecule has 0 amide bonds. The minimum Gasteiger partial charge on any atom is -0.390 e. The summed E-state index contributed by atoms with van der Waals surface area (Å²) < 4.78 is 39.4. The molecule has 2 atom stereocenters. The largest absolute Gasteiger partial charge is 0.390 e. The molecule has 148 valence electrons. The average molecular weight is 386 g/mol. The van der Waals surface area contributed by atoms with Gasteiger partial charge in [0.05, 0.1) is 17.1 Å². The van der Waals surface area contributed by atoms with Crippen molar-refractivity contribution in [3.63, 3.8) is 0 Å². The predicted octanol–water partition coefficient (Wildman–Crippen LogP) is 2.74. The first-order valence-electron chi connectivity index (χ1n) is 9.20. The molecule has 1 aliphatic heterocycles. The molecule has 1 unspecified atom stereocenters. The van der Waals surface area contributed by atoms with Crippen LogP contribution in [-0.2, 0) is 19.5 Å². The van der Waals surface area contributed by atoms with Gasteiger partial charge in [0.25, 0.3) is 0 Å². The fraction of sp³-hybridized carbons (Fsp3) is 0.684. The van der Waals surface area contributed by atoms with Crippen LogP contribution >= 0.6 is 0 Å². The lowest BCUT2D eigenvalue weighted by Gasteiger charge is -2.27. The molecule has 1 aromatic carbocycles. The summed E-state index contributed by atoms with van der Waals surface area (Å²) in [5.74, 6) is 0. The fourth-order valence-electron chi connectivity index (χ4n) is 2.77. The molecule has 2 N–H and O–H groups in total. The number of ether oxygens (including phenoxy) is 2. The standard InChI is InChI=1S/C19H31NO5S/c1-15-7-9-17(10-8-15)26(22,23)20-16(11-12-19(2,3)21)14-25-18-6-4-5-13-24-18/h7-10,16,18,20-21H,4-6,11-14H2,1-3H3/t16-,18?/m0/s1. The number of sulfonamides is 1. The molecular weight excluding hydrogens is 354 g/mol. The lowest BCUT2D eigenvalue weighted by molar-refractivity contribution is -0.165. The Labute approximate surface area is 157 Å². The Morgan fingerprint density at radius 2 is 2.00 bits per heavy atom. The van der Waals surface area contributed by atoms with E-state index in [1.54, 1.807) is 38.1 Å². The van der Waals surface area contributed by atoms with Crippen molar-refractivity contribution < 1.29 is 23.0 Å². The van der Waals surface area contributed by atoms with Gasteiger partial charge < -0.3 is 14.6 Å². The van der Waals surface area contributed by atoms with E-state index in [2.05, 4.69) is 4.72 Å². The predicted molar refractivity (Wildman–Crippen MR) is 100 cm³/mol. The van der Waals surface area contributed by atoms with E-state index in [4.69, 9.17) is 9.47 Å². The summed E-state index contributed by atoms with van der Waals surface area (Å²) in [6, 6.07) is 6.30. The summed E-state index contributed by atoms with van der Waals surface area (Å²) in [4.78, 5) is 0.227. The van der Waals surface area contributed by atoms with Crippen molar-refractivity contribution in [1.29, 1.82) is 0 Å². The molecule has 26 heavy (non-hydrogen) atoms. The van der Waals surface area contributed by atoms with Crippen LogP contribution < -0.4 is 4.72 Å². The molecule has 1 fully saturated rings. The average Bonchev–Trinajstić information content (AvgIpc) is 2.58. The van der Waals surface area contributed by atoms with Crippen LogP contribution in [0.25, 0.3) is 0 Å². The van der Waals surface area contributed by atoms with Crippen LogP contribution in [0.2, 0.25) is 0 Å².